The summed E-state index contributed by atoms with van der Waals surface area (Å²) in [5.41, 5.74) is 1.61. The van der Waals surface area contributed by atoms with Gasteiger partial charge in [0.2, 0.25) is 29.5 Å². The molecule has 2 aromatic heterocycles. The van der Waals surface area contributed by atoms with Gasteiger partial charge in [0, 0.05) is 30.8 Å². The number of aromatic nitrogens is 4. The summed E-state index contributed by atoms with van der Waals surface area (Å²) in [7, 11) is 0. The third-order valence-corrected chi connectivity index (χ3v) is 9.67. The molecule has 5 rings (SSSR count). The molecule has 0 bridgehead atoms. The number of aliphatic hydroxyl groups is 3. The molecule has 3 aromatic rings. The second-order valence-corrected chi connectivity index (χ2v) is 14.6. The van der Waals surface area contributed by atoms with Crippen molar-refractivity contribution in [2.75, 3.05) is 36.9 Å². The average molecular weight is 881 g/mol. The van der Waals surface area contributed by atoms with E-state index in [1.807, 2.05) is 0 Å². The lowest BCUT2D eigenvalue weighted by Gasteiger charge is -2.42. The van der Waals surface area contributed by atoms with Crippen molar-refractivity contribution >= 4 is 70.1 Å². The fraction of sp³-hybridized carbons (Fsp3) is 0.447. The maximum atomic E-state index is 13.0. The molecule has 2 aliphatic heterocycles. The highest BCUT2D eigenvalue weighted by molar-refractivity contribution is 6.13. The zero-order valence-corrected chi connectivity index (χ0v) is 34.2. The number of rotatable bonds is 19. The third kappa shape index (κ3) is 12.7. The predicted octanol–water partition coefficient (Wildman–Crippen LogP) is -3.37. The fourth-order valence-corrected chi connectivity index (χ4v) is 6.21. The van der Waals surface area contributed by atoms with Crippen LogP contribution >= 0.6 is 0 Å². The van der Waals surface area contributed by atoms with Crippen LogP contribution in [0.25, 0.3) is 11.2 Å². The molecule has 338 valence electrons. The van der Waals surface area contributed by atoms with Crippen LogP contribution in [0, 0.1) is 5.92 Å². The molecular formula is C38H48N12O13. The number of hydrogen-bond donors (Lipinski definition) is 11. The van der Waals surface area contributed by atoms with E-state index in [2.05, 4.69) is 57.2 Å². The molecule has 4 heterocycles. The fourth-order valence-electron chi connectivity index (χ4n) is 6.21. The zero-order valence-electron chi connectivity index (χ0n) is 34.2. The molecule has 63 heavy (non-hydrogen) atoms. The highest BCUT2D eigenvalue weighted by atomic mass is 16.6. The number of nitrogens with zero attached hydrogens (tertiary/aromatic N) is 4. The molecular weight excluding hydrogens is 832 g/mol. The van der Waals surface area contributed by atoms with Crippen molar-refractivity contribution in [1.82, 2.24) is 51.4 Å². The predicted molar refractivity (Wildman–Crippen MR) is 216 cm³/mol. The number of ether oxygens (including phenoxy) is 2. The Balaban J connectivity index is 0.971. The number of nitrogens with one attached hydrogen (secondary N) is 8. The third-order valence-electron chi connectivity index (χ3n) is 9.67. The quantitative estimate of drug-likeness (QED) is 0.0524. The summed E-state index contributed by atoms with van der Waals surface area (Å²) < 4.78 is 10.8. The minimum atomic E-state index is -1.62. The lowest BCUT2D eigenvalue weighted by Crippen LogP contribution is -2.66. The minimum absolute atomic E-state index is 0.151. The van der Waals surface area contributed by atoms with Gasteiger partial charge in [-0.3, -0.25) is 38.5 Å². The molecule has 0 radical (unpaired) electrons. The number of H-pyrrole nitrogens is 1. The van der Waals surface area contributed by atoms with Crippen molar-refractivity contribution in [3.8, 4) is 0 Å². The molecule has 0 unspecified atom stereocenters. The number of imidazole rings is 1. The molecule has 0 spiro atoms. The first kappa shape index (κ1) is 47.0. The molecule has 2 aliphatic rings. The van der Waals surface area contributed by atoms with E-state index in [1.54, 1.807) is 26.0 Å². The Labute approximate surface area is 358 Å². The van der Waals surface area contributed by atoms with E-state index in [1.165, 1.54) is 31.7 Å². The van der Waals surface area contributed by atoms with E-state index < -0.39 is 110 Å². The van der Waals surface area contributed by atoms with E-state index >= 15 is 0 Å². The van der Waals surface area contributed by atoms with E-state index in [-0.39, 0.29) is 31.3 Å². The largest absolute Gasteiger partial charge is 0.445 e. The van der Waals surface area contributed by atoms with Crippen molar-refractivity contribution in [2.45, 2.75) is 76.5 Å². The summed E-state index contributed by atoms with van der Waals surface area (Å²) >= 11 is 0. The van der Waals surface area contributed by atoms with Crippen LogP contribution < -0.4 is 37.2 Å². The SMILES string of the molecule is CC(C)[C@H](NC(=O)CCN1C(=O)C=CC1=O)C(=O)N[C@@H](C)C(=O)Nc1ccc(COC(=O)NCC(=O)NCC(=O)N[C@@H]2[C@@H](O)[C@H](O)[C@@H](Nc3ncnc4nc[nH]c34)O[C@H]2CO)cc1. The first-order valence-corrected chi connectivity index (χ1v) is 19.6. The summed E-state index contributed by atoms with van der Waals surface area (Å²) in [6.45, 7) is 2.67. The van der Waals surface area contributed by atoms with Crippen LogP contribution in [0.1, 0.15) is 32.8 Å². The zero-order chi connectivity index (χ0) is 45.8. The van der Waals surface area contributed by atoms with Crippen molar-refractivity contribution in [3.05, 3.63) is 54.6 Å². The van der Waals surface area contributed by atoms with Crippen molar-refractivity contribution in [3.63, 3.8) is 0 Å². The van der Waals surface area contributed by atoms with Crippen LogP contribution in [-0.2, 0) is 49.6 Å². The van der Waals surface area contributed by atoms with Crippen LogP contribution in [0.4, 0.5) is 16.3 Å². The number of anilines is 2. The first-order valence-electron chi connectivity index (χ1n) is 19.6. The van der Waals surface area contributed by atoms with Gasteiger partial charge in [0.1, 0.15) is 55.4 Å². The highest BCUT2D eigenvalue weighted by Crippen LogP contribution is 2.24. The molecule has 1 saturated heterocycles. The van der Waals surface area contributed by atoms with Crippen molar-refractivity contribution < 1.29 is 63.1 Å². The van der Waals surface area contributed by atoms with Gasteiger partial charge >= 0.3 is 6.09 Å². The number of imide groups is 1. The van der Waals surface area contributed by atoms with Gasteiger partial charge in [-0.15, -0.1) is 0 Å². The number of aliphatic hydroxyl groups excluding tert-OH is 3. The number of aromatic amines is 1. The summed E-state index contributed by atoms with van der Waals surface area (Å²) in [6.07, 6.45) is -1.99. The second-order valence-electron chi connectivity index (χ2n) is 14.6. The molecule has 0 saturated carbocycles. The Kier molecular flexibility index (Phi) is 16.1. The molecule has 11 N–H and O–H groups in total. The van der Waals surface area contributed by atoms with E-state index in [0.29, 0.717) is 22.4 Å². The number of fused-ring (bicyclic) bond motifs is 1. The average Bonchev–Trinajstić information content (AvgIpc) is 3.88. The molecule has 25 heteroatoms. The number of alkyl carbamates (subject to hydrolysis) is 1. The second kappa shape index (κ2) is 21.6. The Morgan fingerprint density at radius 2 is 1.57 bits per heavy atom. The molecule has 8 amide bonds. The number of carbonyl (C=O) groups excluding carboxylic acids is 8. The molecule has 7 atom stereocenters. The number of benzene rings is 1. The highest BCUT2D eigenvalue weighted by Gasteiger charge is 2.45. The van der Waals surface area contributed by atoms with Gasteiger partial charge in [0.25, 0.3) is 11.8 Å². The van der Waals surface area contributed by atoms with Gasteiger partial charge in [-0.2, -0.15) is 0 Å². The smallest absolute Gasteiger partial charge is 0.407 e. The number of carbonyl (C=O) groups is 8. The summed E-state index contributed by atoms with van der Waals surface area (Å²) in [5.74, 6) is -4.52. The summed E-state index contributed by atoms with van der Waals surface area (Å²) in [5, 5.41) is 49.0. The van der Waals surface area contributed by atoms with E-state index in [9.17, 15) is 53.7 Å². The lowest BCUT2D eigenvalue weighted by molar-refractivity contribution is -0.185. The van der Waals surface area contributed by atoms with Crippen LogP contribution in [0.3, 0.4) is 0 Å². The topological polar surface area (TPSA) is 358 Å². The number of amides is 8. The monoisotopic (exact) mass is 880 g/mol. The molecule has 1 aromatic carbocycles. The van der Waals surface area contributed by atoms with E-state index in [0.717, 1.165) is 17.1 Å². The van der Waals surface area contributed by atoms with Crippen LogP contribution in [0.2, 0.25) is 0 Å². The Bertz CT molecular complexity index is 2180. The first-order chi connectivity index (χ1) is 30.0. The number of hydrogen-bond acceptors (Lipinski definition) is 17. The lowest BCUT2D eigenvalue weighted by atomic mass is 9.95. The Morgan fingerprint density at radius 1 is 0.873 bits per heavy atom. The summed E-state index contributed by atoms with van der Waals surface area (Å²) in [4.78, 5) is 115. The van der Waals surface area contributed by atoms with Crippen LogP contribution in [-0.4, -0.2) is 157 Å². The normalized spacial score (nSPS) is 20.4. The van der Waals surface area contributed by atoms with Gasteiger partial charge in [-0.25, -0.2) is 19.7 Å². The Morgan fingerprint density at radius 3 is 2.25 bits per heavy atom. The minimum Gasteiger partial charge on any atom is -0.445 e. The van der Waals surface area contributed by atoms with E-state index in [4.69, 9.17) is 9.47 Å². The summed E-state index contributed by atoms with van der Waals surface area (Å²) in [6, 6.07) is 2.88. The van der Waals surface area contributed by atoms with Gasteiger partial charge < -0.3 is 67.0 Å². The van der Waals surface area contributed by atoms with Gasteiger partial charge in [0.15, 0.2) is 17.7 Å². The van der Waals surface area contributed by atoms with Crippen molar-refractivity contribution in [2.24, 2.45) is 5.92 Å². The molecule has 1 fully saturated rings. The maximum absolute atomic E-state index is 13.0. The Hall–Kier alpha value is -7.09. The maximum Gasteiger partial charge on any atom is 0.407 e. The van der Waals surface area contributed by atoms with Gasteiger partial charge in [0.05, 0.1) is 25.5 Å². The van der Waals surface area contributed by atoms with Gasteiger partial charge in [-0.05, 0) is 30.5 Å². The van der Waals surface area contributed by atoms with Gasteiger partial charge in [-0.1, -0.05) is 26.0 Å². The van der Waals surface area contributed by atoms with Crippen molar-refractivity contribution in [1.29, 1.82) is 0 Å². The van der Waals surface area contributed by atoms with Crippen LogP contribution in [0.15, 0.2) is 49.1 Å². The standard InChI is InChI=1S/C38H48N12O13/c1-18(2)28(47-23(52)10-11-50-26(55)8-9-27(50)56)36(60)45-19(3)35(59)46-21-6-4-20(5-7-21)15-62-38(61)40-12-24(53)39-13-25(54)48-29-22(14-51)63-37(32(58)31(29)57)49-34-30-33(42-16-41-30)43-17-44-34/h4-9,16-19,22,28-29,31-32,37,51,57-58H,10-15H2,1-3H3,(H,39,53)(H,40,61)(H,45,60)(H,46,59)(H,47,52)(H,48,54)(H2,41,42,43,44,49)/t19-,22-,28-,29-,31+,32-,37-/m0/s1. The molecule has 25 nitrogen and oxygen atoms in total. The molecule has 0 aliphatic carbocycles. The van der Waals surface area contributed by atoms with Crippen LogP contribution in [0.5, 0.6) is 0 Å².